The van der Waals surface area contributed by atoms with Crippen LogP contribution in [0.5, 0.6) is 5.75 Å². The molecule has 1 aliphatic heterocycles. The van der Waals surface area contributed by atoms with Gasteiger partial charge in [-0.15, -0.1) is 0 Å². The number of rotatable bonds is 5. The van der Waals surface area contributed by atoms with Crippen LogP contribution in [-0.4, -0.2) is 32.1 Å². The second-order valence-corrected chi connectivity index (χ2v) is 5.51. The van der Waals surface area contributed by atoms with Crippen molar-refractivity contribution in [1.82, 2.24) is 10.6 Å². The summed E-state index contributed by atoms with van der Waals surface area (Å²) in [6, 6.07) is 6.14. The van der Waals surface area contributed by atoms with Crippen LogP contribution in [-0.2, 0) is 4.79 Å². The molecule has 4 nitrogen and oxygen atoms in total. The second kappa shape index (κ2) is 7.29. The first-order chi connectivity index (χ1) is 9.65. The Morgan fingerprint density at radius 2 is 2.10 bits per heavy atom. The van der Waals surface area contributed by atoms with Crippen LogP contribution < -0.4 is 15.4 Å². The highest BCUT2D eigenvalue weighted by atomic mass is 16.5. The van der Waals surface area contributed by atoms with Gasteiger partial charge in [0.05, 0.1) is 12.5 Å². The van der Waals surface area contributed by atoms with Crippen LogP contribution in [0.25, 0.3) is 0 Å². The van der Waals surface area contributed by atoms with Crippen molar-refractivity contribution < 1.29 is 9.53 Å². The standard InChI is InChI=1S/C16H24N2O2/c1-12-8-13(2)10-15(9-12)20-7-6-18-16(19)14-4-3-5-17-11-14/h8-10,14,17H,3-7,11H2,1-2H3,(H,18,19). The highest BCUT2D eigenvalue weighted by Crippen LogP contribution is 2.16. The lowest BCUT2D eigenvalue weighted by atomic mass is 9.99. The van der Waals surface area contributed by atoms with Gasteiger partial charge < -0.3 is 15.4 Å². The van der Waals surface area contributed by atoms with Gasteiger partial charge in [0.1, 0.15) is 12.4 Å². The zero-order chi connectivity index (χ0) is 14.4. The highest BCUT2D eigenvalue weighted by molar-refractivity contribution is 5.78. The van der Waals surface area contributed by atoms with E-state index in [1.807, 2.05) is 12.1 Å². The molecule has 2 rings (SSSR count). The van der Waals surface area contributed by atoms with Crippen molar-refractivity contribution >= 4 is 5.91 Å². The van der Waals surface area contributed by atoms with Crippen molar-refractivity contribution in [3.63, 3.8) is 0 Å². The number of benzene rings is 1. The molecule has 4 heteroatoms. The Hall–Kier alpha value is -1.55. The van der Waals surface area contributed by atoms with Crippen molar-refractivity contribution in [2.24, 2.45) is 5.92 Å². The zero-order valence-corrected chi connectivity index (χ0v) is 12.4. The van der Waals surface area contributed by atoms with Gasteiger partial charge >= 0.3 is 0 Å². The van der Waals surface area contributed by atoms with Crippen molar-refractivity contribution in [2.45, 2.75) is 26.7 Å². The lowest BCUT2D eigenvalue weighted by Crippen LogP contribution is -2.41. The first-order valence-corrected chi connectivity index (χ1v) is 7.34. The Morgan fingerprint density at radius 3 is 2.75 bits per heavy atom. The van der Waals surface area contributed by atoms with E-state index in [1.165, 1.54) is 11.1 Å². The molecule has 0 spiro atoms. The van der Waals surface area contributed by atoms with Crippen LogP contribution >= 0.6 is 0 Å². The maximum atomic E-state index is 11.9. The summed E-state index contributed by atoms with van der Waals surface area (Å²) < 4.78 is 5.68. The molecule has 0 saturated carbocycles. The lowest BCUT2D eigenvalue weighted by molar-refractivity contribution is -0.125. The Labute approximate surface area is 120 Å². The Bertz CT molecular complexity index is 434. The maximum Gasteiger partial charge on any atom is 0.224 e. The smallest absolute Gasteiger partial charge is 0.224 e. The predicted molar refractivity (Wildman–Crippen MR) is 80.0 cm³/mol. The molecule has 1 fully saturated rings. The first kappa shape index (κ1) is 14.9. The Balaban J connectivity index is 1.69. The van der Waals surface area contributed by atoms with Gasteiger partial charge in [-0.1, -0.05) is 6.07 Å². The summed E-state index contributed by atoms with van der Waals surface area (Å²) in [4.78, 5) is 11.9. The van der Waals surface area contributed by atoms with Crippen LogP contribution in [0.1, 0.15) is 24.0 Å². The second-order valence-electron chi connectivity index (χ2n) is 5.51. The maximum absolute atomic E-state index is 11.9. The minimum Gasteiger partial charge on any atom is -0.492 e. The zero-order valence-electron chi connectivity index (χ0n) is 12.4. The van der Waals surface area contributed by atoms with E-state index in [9.17, 15) is 4.79 Å². The van der Waals surface area contributed by atoms with Crippen molar-refractivity contribution in [1.29, 1.82) is 0 Å². The van der Waals surface area contributed by atoms with Crippen LogP contribution in [0.4, 0.5) is 0 Å². The van der Waals surface area contributed by atoms with E-state index in [1.54, 1.807) is 0 Å². The van der Waals surface area contributed by atoms with Gasteiger partial charge in [0.15, 0.2) is 0 Å². The number of piperidine rings is 1. The fraction of sp³-hybridized carbons (Fsp3) is 0.562. The van der Waals surface area contributed by atoms with Crippen molar-refractivity contribution in [3.05, 3.63) is 29.3 Å². The molecule has 0 bridgehead atoms. The van der Waals surface area contributed by atoms with Crippen LogP contribution in [0.2, 0.25) is 0 Å². The number of amides is 1. The van der Waals surface area contributed by atoms with E-state index in [4.69, 9.17) is 4.74 Å². The molecule has 20 heavy (non-hydrogen) atoms. The quantitative estimate of drug-likeness (QED) is 0.806. The number of aryl methyl sites for hydroxylation is 2. The molecule has 1 amide bonds. The number of nitrogens with one attached hydrogen (secondary N) is 2. The summed E-state index contributed by atoms with van der Waals surface area (Å²) in [7, 11) is 0. The van der Waals surface area contributed by atoms with E-state index in [2.05, 4.69) is 30.5 Å². The first-order valence-electron chi connectivity index (χ1n) is 7.34. The van der Waals surface area contributed by atoms with Gasteiger partial charge in [-0.05, 0) is 56.5 Å². The average molecular weight is 276 g/mol. The SMILES string of the molecule is Cc1cc(C)cc(OCCNC(=O)C2CCCNC2)c1. The number of carbonyl (C=O) groups excluding carboxylic acids is 1. The number of hydrogen-bond acceptors (Lipinski definition) is 3. The fourth-order valence-corrected chi connectivity index (χ4v) is 2.58. The molecule has 1 aromatic carbocycles. The third-order valence-electron chi connectivity index (χ3n) is 3.53. The fourth-order valence-electron chi connectivity index (χ4n) is 2.58. The minimum absolute atomic E-state index is 0.116. The van der Waals surface area contributed by atoms with Gasteiger partial charge in [-0.2, -0.15) is 0 Å². The molecule has 1 unspecified atom stereocenters. The van der Waals surface area contributed by atoms with E-state index < -0.39 is 0 Å². The molecule has 1 heterocycles. The van der Waals surface area contributed by atoms with Gasteiger partial charge in [0.25, 0.3) is 0 Å². The third kappa shape index (κ3) is 4.53. The molecular formula is C16H24N2O2. The van der Waals surface area contributed by atoms with Crippen LogP contribution in [0.15, 0.2) is 18.2 Å². The van der Waals surface area contributed by atoms with E-state index in [0.717, 1.165) is 31.7 Å². The third-order valence-corrected chi connectivity index (χ3v) is 3.53. The minimum atomic E-state index is 0.116. The van der Waals surface area contributed by atoms with E-state index in [-0.39, 0.29) is 11.8 Å². The summed E-state index contributed by atoms with van der Waals surface area (Å²) in [5.41, 5.74) is 2.38. The summed E-state index contributed by atoms with van der Waals surface area (Å²) in [6.45, 7) is 7.00. The molecule has 1 saturated heterocycles. The normalized spacial score (nSPS) is 18.6. The van der Waals surface area contributed by atoms with Crippen LogP contribution in [0.3, 0.4) is 0 Å². The molecule has 1 aromatic rings. The molecule has 2 N–H and O–H groups in total. The molecule has 0 aromatic heterocycles. The molecule has 0 radical (unpaired) electrons. The number of hydrogen-bond donors (Lipinski definition) is 2. The summed E-state index contributed by atoms with van der Waals surface area (Å²) >= 11 is 0. The Morgan fingerprint density at radius 1 is 1.35 bits per heavy atom. The summed E-state index contributed by atoms with van der Waals surface area (Å²) in [6.07, 6.45) is 2.06. The Kier molecular flexibility index (Phi) is 5.41. The molecule has 0 aliphatic carbocycles. The van der Waals surface area contributed by atoms with Gasteiger partial charge in [0.2, 0.25) is 5.91 Å². The molecule has 1 atom stereocenters. The van der Waals surface area contributed by atoms with Gasteiger partial charge in [0, 0.05) is 6.54 Å². The predicted octanol–water partition coefficient (Wildman–Crippen LogP) is 1.80. The molecule has 1 aliphatic rings. The molecular weight excluding hydrogens is 252 g/mol. The van der Waals surface area contributed by atoms with Gasteiger partial charge in [-0.25, -0.2) is 0 Å². The topological polar surface area (TPSA) is 50.4 Å². The monoisotopic (exact) mass is 276 g/mol. The lowest BCUT2D eigenvalue weighted by Gasteiger charge is -2.21. The van der Waals surface area contributed by atoms with E-state index >= 15 is 0 Å². The molecule has 110 valence electrons. The van der Waals surface area contributed by atoms with Gasteiger partial charge in [-0.3, -0.25) is 4.79 Å². The average Bonchev–Trinajstić information content (AvgIpc) is 2.43. The largest absolute Gasteiger partial charge is 0.492 e. The van der Waals surface area contributed by atoms with Crippen molar-refractivity contribution in [2.75, 3.05) is 26.2 Å². The summed E-state index contributed by atoms with van der Waals surface area (Å²) in [5.74, 6) is 1.13. The number of ether oxygens (including phenoxy) is 1. The summed E-state index contributed by atoms with van der Waals surface area (Å²) in [5, 5.41) is 6.20. The van der Waals surface area contributed by atoms with Crippen molar-refractivity contribution in [3.8, 4) is 5.75 Å². The highest BCUT2D eigenvalue weighted by Gasteiger charge is 2.20. The van der Waals surface area contributed by atoms with E-state index in [0.29, 0.717) is 13.2 Å². The number of carbonyl (C=O) groups is 1. The van der Waals surface area contributed by atoms with Crippen LogP contribution in [0, 0.1) is 19.8 Å².